The topological polar surface area (TPSA) is 34.9 Å². The predicted octanol–water partition coefficient (Wildman–Crippen LogP) is 4.09. The first-order chi connectivity index (χ1) is 10.3. The molecule has 0 aliphatic rings. The lowest BCUT2D eigenvalue weighted by Gasteiger charge is -2.04. The third kappa shape index (κ3) is 3.19. The summed E-state index contributed by atoms with van der Waals surface area (Å²) >= 11 is 0. The molecule has 3 nitrogen and oxygen atoms in total. The van der Waals surface area contributed by atoms with Crippen LogP contribution >= 0.6 is 0 Å². The molecule has 106 valence electrons. The first-order valence-electron chi connectivity index (χ1n) is 7.33. The van der Waals surface area contributed by atoms with Crippen LogP contribution in [0.2, 0.25) is 0 Å². The highest BCUT2D eigenvalue weighted by atomic mass is 16.1. The van der Waals surface area contributed by atoms with Gasteiger partial charge in [-0.1, -0.05) is 42.5 Å². The van der Waals surface area contributed by atoms with Crippen LogP contribution in [-0.2, 0) is 6.54 Å². The van der Waals surface area contributed by atoms with E-state index >= 15 is 0 Å². The monoisotopic (exact) mass is 278 g/mol. The zero-order valence-corrected chi connectivity index (χ0v) is 11.9. The Hall–Kier alpha value is -2.42. The van der Waals surface area contributed by atoms with Crippen molar-refractivity contribution in [1.29, 1.82) is 0 Å². The van der Waals surface area contributed by atoms with Crippen molar-refractivity contribution in [3.63, 3.8) is 0 Å². The van der Waals surface area contributed by atoms with E-state index in [1.807, 2.05) is 54.9 Å². The largest absolute Gasteiger partial charge is 0.331 e. The number of carbonyl (C=O) groups is 1. The van der Waals surface area contributed by atoms with E-state index in [4.69, 9.17) is 0 Å². The van der Waals surface area contributed by atoms with Gasteiger partial charge in [-0.05, 0) is 25.0 Å². The number of imidazole rings is 1. The van der Waals surface area contributed by atoms with Gasteiger partial charge in [0, 0.05) is 18.5 Å². The number of rotatable bonds is 6. The van der Waals surface area contributed by atoms with Gasteiger partial charge < -0.3 is 4.57 Å². The van der Waals surface area contributed by atoms with Gasteiger partial charge in [0.15, 0.2) is 5.78 Å². The van der Waals surface area contributed by atoms with E-state index in [9.17, 15) is 4.79 Å². The lowest BCUT2D eigenvalue weighted by molar-refractivity contribution is 0.0979. The fourth-order valence-corrected chi connectivity index (χ4v) is 2.52. The maximum absolute atomic E-state index is 12.0. The highest BCUT2D eigenvalue weighted by Gasteiger charge is 2.05. The van der Waals surface area contributed by atoms with E-state index in [1.54, 1.807) is 0 Å². The molecular formula is C18H18N2O. The molecule has 0 saturated carbocycles. The first-order valence-corrected chi connectivity index (χ1v) is 7.33. The molecule has 0 radical (unpaired) electrons. The Bertz CT molecular complexity index is 731. The van der Waals surface area contributed by atoms with E-state index in [-0.39, 0.29) is 5.78 Å². The Balaban J connectivity index is 1.52. The lowest BCUT2D eigenvalue weighted by atomic mass is 10.1. The minimum Gasteiger partial charge on any atom is -0.331 e. The van der Waals surface area contributed by atoms with Gasteiger partial charge in [0.2, 0.25) is 0 Å². The van der Waals surface area contributed by atoms with Crippen molar-refractivity contribution in [3.8, 4) is 0 Å². The molecule has 0 fully saturated rings. The number of aryl methyl sites for hydroxylation is 1. The molecule has 0 amide bonds. The second-order valence-corrected chi connectivity index (χ2v) is 5.17. The zero-order chi connectivity index (χ0) is 14.5. The molecule has 0 saturated heterocycles. The maximum Gasteiger partial charge on any atom is 0.162 e. The summed E-state index contributed by atoms with van der Waals surface area (Å²) in [5.41, 5.74) is 3.00. The molecule has 3 rings (SSSR count). The number of carbonyl (C=O) groups excluding carboxylic acids is 1. The molecule has 0 aliphatic carbocycles. The number of aromatic nitrogens is 2. The zero-order valence-electron chi connectivity index (χ0n) is 11.9. The van der Waals surface area contributed by atoms with Crippen LogP contribution in [0.3, 0.4) is 0 Å². The summed E-state index contributed by atoms with van der Waals surface area (Å²) in [7, 11) is 0. The van der Waals surface area contributed by atoms with E-state index in [1.165, 1.54) is 0 Å². The normalized spacial score (nSPS) is 10.9. The summed E-state index contributed by atoms with van der Waals surface area (Å²) in [5, 5.41) is 0. The van der Waals surface area contributed by atoms with Gasteiger partial charge in [-0.15, -0.1) is 0 Å². The number of para-hydroxylation sites is 2. The Kier molecular flexibility index (Phi) is 4.10. The maximum atomic E-state index is 12.0. The summed E-state index contributed by atoms with van der Waals surface area (Å²) in [6.45, 7) is 0.905. The number of fused-ring (bicyclic) bond motifs is 1. The van der Waals surface area contributed by atoms with E-state index < -0.39 is 0 Å². The number of benzene rings is 2. The fourth-order valence-electron chi connectivity index (χ4n) is 2.52. The van der Waals surface area contributed by atoms with Crippen molar-refractivity contribution in [2.24, 2.45) is 0 Å². The SMILES string of the molecule is O=C(CCCCn1cnc2ccccc21)c1ccccc1. The van der Waals surface area contributed by atoms with E-state index in [0.717, 1.165) is 36.0 Å². The number of hydrogen-bond donors (Lipinski definition) is 0. The highest BCUT2D eigenvalue weighted by molar-refractivity contribution is 5.95. The van der Waals surface area contributed by atoms with Crippen molar-refractivity contribution >= 4 is 16.8 Å². The van der Waals surface area contributed by atoms with Crippen molar-refractivity contribution in [1.82, 2.24) is 9.55 Å². The molecule has 1 aromatic heterocycles. The van der Waals surface area contributed by atoms with Gasteiger partial charge in [0.1, 0.15) is 0 Å². The van der Waals surface area contributed by atoms with Gasteiger partial charge in [-0.3, -0.25) is 4.79 Å². The lowest BCUT2D eigenvalue weighted by Crippen LogP contribution is -2.01. The number of unbranched alkanes of at least 4 members (excludes halogenated alkanes) is 1. The molecule has 0 atom stereocenters. The number of hydrogen-bond acceptors (Lipinski definition) is 2. The van der Waals surface area contributed by atoms with E-state index in [2.05, 4.69) is 15.6 Å². The van der Waals surface area contributed by atoms with Crippen molar-refractivity contribution in [2.45, 2.75) is 25.8 Å². The molecule has 1 heterocycles. The van der Waals surface area contributed by atoms with Crippen LogP contribution in [0, 0.1) is 0 Å². The molecule has 21 heavy (non-hydrogen) atoms. The summed E-state index contributed by atoms with van der Waals surface area (Å²) in [4.78, 5) is 16.4. The summed E-state index contributed by atoms with van der Waals surface area (Å²) in [6.07, 6.45) is 4.37. The van der Waals surface area contributed by atoms with Gasteiger partial charge >= 0.3 is 0 Å². The molecule has 0 aliphatic heterocycles. The molecular weight excluding hydrogens is 260 g/mol. The van der Waals surface area contributed by atoms with Gasteiger partial charge in [-0.2, -0.15) is 0 Å². The Morgan fingerprint density at radius 3 is 2.57 bits per heavy atom. The van der Waals surface area contributed by atoms with Crippen molar-refractivity contribution in [3.05, 3.63) is 66.5 Å². The minimum atomic E-state index is 0.228. The Morgan fingerprint density at radius 2 is 1.71 bits per heavy atom. The quantitative estimate of drug-likeness (QED) is 0.503. The van der Waals surface area contributed by atoms with Gasteiger partial charge in [0.25, 0.3) is 0 Å². The average Bonchev–Trinajstić information content (AvgIpc) is 2.95. The van der Waals surface area contributed by atoms with Gasteiger partial charge in [-0.25, -0.2) is 4.98 Å². The molecule has 0 N–H and O–H groups in total. The standard InChI is InChI=1S/C18H18N2O/c21-18(15-8-2-1-3-9-15)12-6-7-13-20-14-19-16-10-4-5-11-17(16)20/h1-5,8-11,14H,6-7,12-13H2. The van der Waals surface area contributed by atoms with Gasteiger partial charge in [0.05, 0.1) is 17.4 Å². The second kappa shape index (κ2) is 6.35. The molecule has 3 aromatic rings. The van der Waals surface area contributed by atoms with Crippen LogP contribution in [0.1, 0.15) is 29.6 Å². The van der Waals surface area contributed by atoms with Crippen LogP contribution < -0.4 is 0 Å². The third-order valence-corrected chi connectivity index (χ3v) is 3.68. The van der Waals surface area contributed by atoms with Crippen LogP contribution in [0.4, 0.5) is 0 Å². The second-order valence-electron chi connectivity index (χ2n) is 5.17. The summed E-state index contributed by atoms with van der Waals surface area (Å²) < 4.78 is 2.16. The summed E-state index contributed by atoms with van der Waals surface area (Å²) in [6, 6.07) is 17.6. The Morgan fingerprint density at radius 1 is 0.952 bits per heavy atom. The molecule has 0 bridgehead atoms. The van der Waals surface area contributed by atoms with Crippen LogP contribution in [-0.4, -0.2) is 15.3 Å². The van der Waals surface area contributed by atoms with Crippen molar-refractivity contribution in [2.75, 3.05) is 0 Å². The van der Waals surface area contributed by atoms with E-state index in [0.29, 0.717) is 6.42 Å². The smallest absolute Gasteiger partial charge is 0.162 e. The number of nitrogens with zero attached hydrogens (tertiary/aromatic N) is 2. The number of Topliss-reactive ketones (excluding diaryl/α,β-unsaturated/α-hetero) is 1. The molecule has 2 aromatic carbocycles. The average molecular weight is 278 g/mol. The van der Waals surface area contributed by atoms with Crippen LogP contribution in [0.5, 0.6) is 0 Å². The molecule has 0 spiro atoms. The summed E-state index contributed by atoms with van der Waals surface area (Å²) in [5.74, 6) is 0.228. The van der Waals surface area contributed by atoms with Crippen LogP contribution in [0.25, 0.3) is 11.0 Å². The van der Waals surface area contributed by atoms with Crippen molar-refractivity contribution < 1.29 is 4.79 Å². The number of ketones is 1. The van der Waals surface area contributed by atoms with Crippen LogP contribution in [0.15, 0.2) is 60.9 Å². The fraction of sp³-hybridized carbons (Fsp3) is 0.222. The highest BCUT2D eigenvalue weighted by Crippen LogP contribution is 2.13. The molecule has 0 unspecified atom stereocenters. The third-order valence-electron chi connectivity index (χ3n) is 3.68. The molecule has 3 heteroatoms. The predicted molar refractivity (Wildman–Crippen MR) is 84.4 cm³/mol. The Labute approximate surface area is 124 Å². The minimum absolute atomic E-state index is 0.228. The first kappa shape index (κ1) is 13.6.